The van der Waals surface area contributed by atoms with E-state index in [-0.39, 0.29) is 29.2 Å². The summed E-state index contributed by atoms with van der Waals surface area (Å²) in [5, 5.41) is 0. The van der Waals surface area contributed by atoms with E-state index in [4.69, 9.17) is 97.0 Å². The topological polar surface area (TPSA) is 63.7 Å². The van der Waals surface area contributed by atoms with Crippen LogP contribution >= 0.6 is 0 Å². The van der Waals surface area contributed by atoms with E-state index in [0.29, 0.717) is 13.1 Å². The first-order valence-corrected chi connectivity index (χ1v) is 16.5. The van der Waals surface area contributed by atoms with Crippen molar-refractivity contribution in [3.8, 4) is 0 Å². The van der Waals surface area contributed by atoms with Crippen LogP contribution in [0.4, 0.5) is 0 Å². The predicted molar refractivity (Wildman–Crippen MR) is 215 cm³/mol. The van der Waals surface area contributed by atoms with E-state index in [1.165, 1.54) is 0 Å². The normalized spacial score (nSPS) is 13.1. The Kier molecular flexibility index (Phi) is 19.0. The van der Waals surface area contributed by atoms with Gasteiger partial charge < -0.3 is 4.90 Å². The Labute approximate surface area is 293 Å². The maximum absolute atomic E-state index is 12.2. The van der Waals surface area contributed by atoms with Crippen molar-refractivity contribution in [3.05, 3.63) is 29.8 Å². The molecule has 24 radical (unpaired) electrons. The Hall–Kier alpha value is 0.0286. The molecular weight excluding hydrogens is 552 g/mol. The first-order chi connectivity index (χ1) is 20.7. The number of benzene rings is 1. The van der Waals surface area contributed by atoms with Crippen LogP contribution in [0.2, 0.25) is 0 Å². The summed E-state index contributed by atoms with van der Waals surface area (Å²) >= 11 is 0. The van der Waals surface area contributed by atoms with Crippen molar-refractivity contribution in [2.24, 2.45) is 11.8 Å². The molecule has 2 rings (SSSR count). The van der Waals surface area contributed by atoms with Gasteiger partial charge in [-0.15, -0.1) is 0 Å². The number of carbonyl (C=O) groups is 1. The summed E-state index contributed by atoms with van der Waals surface area (Å²) in [5.41, 5.74) is 1.01. The Bertz CT molecular complexity index is 1050. The molecule has 0 aromatic heterocycles. The zero-order valence-corrected chi connectivity index (χ0v) is 27.5. The molecule has 1 aliphatic heterocycles. The highest BCUT2D eigenvalue weighted by atomic mass is 32.2. The molecule has 0 saturated carbocycles. The van der Waals surface area contributed by atoms with Crippen LogP contribution in [0.5, 0.6) is 0 Å². The van der Waals surface area contributed by atoms with E-state index in [1.54, 1.807) is 24.3 Å². The van der Waals surface area contributed by atoms with Crippen LogP contribution in [0.25, 0.3) is 0 Å². The molecular formula is C17H25B22NO4S. The van der Waals surface area contributed by atoms with Gasteiger partial charge in [-0.2, -0.15) is 8.42 Å². The molecule has 0 unspecified atom stereocenters. The van der Waals surface area contributed by atoms with Crippen LogP contribution in [0.1, 0.15) is 32.3 Å². The van der Waals surface area contributed by atoms with Crippen molar-refractivity contribution in [2.75, 3.05) is 19.7 Å². The fraction of sp³-hybridized carbons (Fsp3) is 0.588. The lowest BCUT2D eigenvalue weighted by atomic mass is 8.36. The number of nitrogens with zero attached hydrogens (tertiary/aromatic N) is 1. The van der Waals surface area contributed by atoms with Crippen LogP contribution < -0.4 is 0 Å². The molecule has 1 heterocycles. The van der Waals surface area contributed by atoms with E-state index >= 15 is 0 Å². The molecule has 1 saturated heterocycles. The van der Waals surface area contributed by atoms with E-state index < -0.39 is 74.0 Å². The lowest BCUT2D eigenvalue weighted by Gasteiger charge is -2.45. The number of piperidine rings is 1. The molecule has 0 atom stereocenters. The van der Waals surface area contributed by atoms with Crippen LogP contribution in [-0.2, 0) is 19.1 Å². The fourth-order valence-electron chi connectivity index (χ4n) is 5.72. The van der Waals surface area contributed by atoms with Crippen molar-refractivity contribution in [1.29, 1.82) is 0 Å². The third-order valence-electron chi connectivity index (χ3n) is 8.19. The zero-order valence-electron chi connectivity index (χ0n) is 26.7. The first-order valence-electron chi connectivity index (χ1n) is 15.0. The van der Waals surface area contributed by atoms with Crippen molar-refractivity contribution in [2.45, 2.75) is 38.5 Å². The molecule has 28 heteroatoms. The monoisotopic (exact) mass is 581 g/mol. The van der Waals surface area contributed by atoms with Crippen molar-refractivity contribution >= 4 is 173 Å². The number of hydrogen-bond donors (Lipinski definition) is 0. The Morgan fingerprint density at radius 3 is 1.40 bits per heavy atom. The highest BCUT2D eigenvalue weighted by Crippen LogP contribution is 2.21. The molecule has 1 fully saturated rings. The molecule has 0 N–H and O–H groups in total. The van der Waals surface area contributed by atoms with Crippen molar-refractivity contribution in [1.82, 2.24) is 4.90 Å². The van der Waals surface area contributed by atoms with Crippen molar-refractivity contribution in [3.63, 3.8) is 0 Å². The third kappa shape index (κ3) is 13.5. The van der Waals surface area contributed by atoms with Gasteiger partial charge in [-0.05, 0) is 37.8 Å². The largest absolute Gasteiger partial charge is 0.342 e. The Morgan fingerprint density at radius 1 is 0.733 bits per heavy atom. The number of carbonyl (C=O) groups excluding carboxylic acids is 1. The average molecular weight is 577 g/mol. The molecule has 1 amide bonds. The van der Waals surface area contributed by atoms with E-state index in [2.05, 4.69) is 0 Å². The number of rotatable bonds is 14. The van der Waals surface area contributed by atoms with Crippen LogP contribution in [0.3, 0.4) is 0 Å². The molecule has 1 aromatic carbocycles. The molecule has 1 aromatic rings. The maximum Gasteiger partial charge on any atom is 0.296 e. The molecule has 0 spiro atoms. The zero-order chi connectivity index (χ0) is 34.8. The van der Waals surface area contributed by atoms with Crippen LogP contribution in [0.15, 0.2) is 29.2 Å². The Morgan fingerprint density at radius 2 is 1.09 bits per heavy atom. The summed E-state index contributed by atoms with van der Waals surface area (Å²) in [6.45, 7) is 7.23. The summed E-state index contributed by atoms with van der Waals surface area (Å²) in [5.74, 6) is 0.341. The third-order valence-corrected chi connectivity index (χ3v) is 9.48. The van der Waals surface area contributed by atoms with Crippen molar-refractivity contribution < 1.29 is 17.4 Å². The van der Waals surface area contributed by atoms with Gasteiger partial charge in [0, 0.05) is 176 Å². The van der Waals surface area contributed by atoms with Gasteiger partial charge in [0.05, 0.1) is 11.5 Å². The van der Waals surface area contributed by atoms with Gasteiger partial charge in [0.25, 0.3) is 10.1 Å². The minimum Gasteiger partial charge on any atom is -0.342 e. The standard InChI is InChI=1S/C17H25NO4S.B22/c1-13(2)17(19)18-10-8-15(9-11-18)12-22-23(20,21)16-6-4-14(3)5-7-16;1-13(2)19(14(3)4)22(20(15(5)6)16(7)8)21(17(9)10)18(11)12/h4-7,13,15H,8-12H2,1-3H3;. The fourth-order valence-corrected chi connectivity index (χ4v) is 6.70. The molecule has 1 aliphatic rings. The SMILES string of the molecule is Cc1ccc(S(=O)(=O)OCC2CCN(C(=O)C(C)C)CC2)cc1.[B]B([B])B(B([B])[B])B(B(B([B])[B])B([B])[B])B(B([B])[B])B([B])[B]. The highest BCUT2D eigenvalue weighted by molar-refractivity contribution is 8.22. The second-order valence-electron chi connectivity index (χ2n) is 12.2. The average Bonchev–Trinajstić information content (AvgIpc) is 2.91. The molecule has 45 heavy (non-hydrogen) atoms. The van der Waals surface area contributed by atoms with Gasteiger partial charge in [-0.3, -0.25) is 8.98 Å². The van der Waals surface area contributed by atoms with E-state index in [1.807, 2.05) is 25.7 Å². The molecule has 0 bridgehead atoms. The van der Waals surface area contributed by atoms with Gasteiger partial charge >= 0.3 is 0 Å². The number of likely N-dealkylation sites (tertiary alicyclic amines) is 1. The van der Waals surface area contributed by atoms with Gasteiger partial charge in [-0.25, -0.2) is 0 Å². The summed E-state index contributed by atoms with van der Waals surface area (Å²) in [6, 6.07) is 6.64. The molecule has 5 nitrogen and oxygen atoms in total. The van der Waals surface area contributed by atoms with Gasteiger partial charge in [0.2, 0.25) is 5.91 Å². The van der Waals surface area contributed by atoms with Gasteiger partial charge in [0.1, 0.15) is 0 Å². The van der Waals surface area contributed by atoms with Gasteiger partial charge in [-0.1, -0.05) is 31.5 Å². The molecule has 194 valence electrons. The van der Waals surface area contributed by atoms with E-state index in [0.717, 1.165) is 18.4 Å². The summed E-state index contributed by atoms with van der Waals surface area (Å²) in [4.78, 5) is 14.0. The minimum atomic E-state index is -3.70. The second-order valence-corrected chi connectivity index (χ2v) is 13.9. The summed E-state index contributed by atoms with van der Waals surface area (Å²) < 4.78 is 29.5. The minimum absolute atomic E-state index is 0.00437. The van der Waals surface area contributed by atoms with Gasteiger partial charge in [0.15, 0.2) is 0 Å². The number of amides is 1. The lowest BCUT2D eigenvalue weighted by Crippen LogP contribution is -2.83. The number of aryl methyl sites for hydroxylation is 1. The summed E-state index contributed by atoms with van der Waals surface area (Å²) in [6.07, 6.45) is -6.78. The maximum atomic E-state index is 12.2. The highest BCUT2D eigenvalue weighted by Gasteiger charge is 2.46. The smallest absolute Gasteiger partial charge is 0.296 e. The summed E-state index contributed by atoms with van der Waals surface area (Å²) in [7, 11) is 66.0. The van der Waals surface area contributed by atoms with E-state index in [9.17, 15) is 13.2 Å². The number of hydrogen-bond acceptors (Lipinski definition) is 4. The first kappa shape index (κ1) is 43.1. The van der Waals surface area contributed by atoms with Crippen LogP contribution in [0, 0.1) is 18.8 Å². The quantitative estimate of drug-likeness (QED) is 0.164. The Balaban J connectivity index is 0.000000451. The van der Waals surface area contributed by atoms with Crippen LogP contribution in [-0.4, -0.2) is 196 Å². The molecule has 0 aliphatic carbocycles. The lowest BCUT2D eigenvalue weighted by molar-refractivity contribution is -0.136. The second kappa shape index (κ2) is 19.9. The predicted octanol–water partition coefficient (Wildman–Crippen LogP) is -5.78.